The molecule has 0 heterocycles. The Morgan fingerprint density at radius 3 is 2.43 bits per heavy atom. The Bertz CT molecular complexity index is 618. The van der Waals surface area contributed by atoms with E-state index in [1.54, 1.807) is 6.92 Å². The lowest BCUT2D eigenvalue weighted by atomic mass is 10.1. The number of hydrogen-bond donors (Lipinski definition) is 2. The third-order valence-corrected chi connectivity index (χ3v) is 6.30. The topological polar surface area (TPSA) is 72.2 Å². The van der Waals surface area contributed by atoms with Gasteiger partial charge in [-0.2, -0.15) is 0 Å². The molecule has 1 saturated carbocycles. The Balaban J connectivity index is 2.14. The molecule has 5 heteroatoms. The van der Waals surface area contributed by atoms with E-state index >= 15 is 0 Å². The van der Waals surface area contributed by atoms with Crippen molar-refractivity contribution in [2.24, 2.45) is 5.92 Å². The smallest absolute Gasteiger partial charge is 0.241 e. The molecule has 0 aromatic heterocycles. The molecule has 4 nitrogen and oxygen atoms in total. The molecule has 1 aliphatic carbocycles. The standard InChI is InChI=1S/C16H26N2O2S/c1-11-10-12(2)16(13(3)15(11)17)21(19,20)18-9-8-14-6-4-5-7-14/h10,14,18H,4-9,17H2,1-3H3. The number of anilines is 1. The van der Waals surface area contributed by atoms with Crippen LogP contribution in [0, 0.1) is 26.7 Å². The number of hydrogen-bond acceptors (Lipinski definition) is 3. The lowest BCUT2D eigenvalue weighted by molar-refractivity contribution is 0.495. The van der Waals surface area contributed by atoms with Gasteiger partial charge in [-0.25, -0.2) is 13.1 Å². The van der Waals surface area contributed by atoms with Crippen LogP contribution in [0.25, 0.3) is 0 Å². The first kappa shape index (κ1) is 16.3. The first-order valence-corrected chi connectivity index (χ1v) is 9.17. The molecule has 0 unspecified atom stereocenters. The van der Waals surface area contributed by atoms with Gasteiger partial charge in [-0.1, -0.05) is 31.7 Å². The fraction of sp³-hybridized carbons (Fsp3) is 0.625. The molecule has 0 spiro atoms. The number of nitrogens with one attached hydrogen (secondary N) is 1. The van der Waals surface area contributed by atoms with Gasteiger partial charge < -0.3 is 5.73 Å². The highest BCUT2D eigenvalue weighted by molar-refractivity contribution is 7.89. The molecule has 2 rings (SSSR count). The highest BCUT2D eigenvalue weighted by Gasteiger charge is 2.22. The lowest BCUT2D eigenvalue weighted by Gasteiger charge is -2.16. The number of nitrogen functional groups attached to an aromatic ring is 1. The second kappa shape index (κ2) is 6.36. The number of aryl methyl sites for hydroxylation is 2. The van der Waals surface area contributed by atoms with Gasteiger partial charge in [0.25, 0.3) is 0 Å². The van der Waals surface area contributed by atoms with Crippen molar-refractivity contribution in [3.63, 3.8) is 0 Å². The monoisotopic (exact) mass is 310 g/mol. The molecule has 1 aliphatic rings. The SMILES string of the molecule is Cc1cc(C)c(S(=O)(=O)NCCC2CCCC2)c(C)c1N. The average molecular weight is 310 g/mol. The summed E-state index contributed by atoms with van der Waals surface area (Å²) in [5.74, 6) is 0.679. The van der Waals surface area contributed by atoms with Crippen LogP contribution in [0.2, 0.25) is 0 Å². The number of sulfonamides is 1. The summed E-state index contributed by atoms with van der Waals surface area (Å²) in [6, 6.07) is 1.84. The van der Waals surface area contributed by atoms with Crippen molar-refractivity contribution in [2.75, 3.05) is 12.3 Å². The van der Waals surface area contributed by atoms with Gasteiger partial charge in [0.2, 0.25) is 10.0 Å². The van der Waals surface area contributed by atoms with E-state index in [0.717, 1.165) is 17.5 Å². The van der Waals surface area contributed by atoms with Gasteiger partial charge >= 0.3 is 0 Å². The van der Waals surface area contributed by atoms with Gasteiger partial charge in [0.15, 0.2) is 0 Å². The van der Waals surface area contributed by atoms with Gasteiger partial charge in [-0.15, -0.1) is 0 Å². The molecular weight excluding hydrogens is 284 g/mol. The summed E-state index contributed by atoms with van der Waals surface area (Å²) in [7, 11) is -3.48. The quantitative estimate of drug-likeness (QED) is 0.821. The number of rotatable bonds is 5. The van der Waals surface area contributed by atoms with Crippen molar-refractivity contribution in [1.82, 2.24) is 4.72 Å². The largest absolute Gasteiger partial charge is 0.398 e. The van der Waals surface area contributed by atoms with E-state index in [1.807, 2.05) is 19.9 Å². The van der Waals surface area contributed by atoms with E-state index in [9.17, 15) is 8.42 Å². The molecule has 0 radical (unpaired) electrons. The molecule has 3 N–H and O–H groups in total. The van der Waals surface area contributed by atoms with Crippen LogP contribution in [0.3, 0.4) is 0 Å². The van der Waals surface area contributed by atoms with Gasteiger partial charge in [0, 0.05) is 12.2 Å². The first-order chi connectivity index (χ1) is 9.83. The van der Waals surface area contributed by atoms with Crippen molar-refractivity contribution in [3.8, 4) is 0 Å². The second-order valence-corrected chi connectivity index (χ2v) is 7.92. The van der Waals surface area contributed by atoms with E-state index in [4.69, 9.17) is 5.73 Å². The second-order valence-electron chi connectivity index (χ2n) is 6.22. The van der Waals surface area contributed by atoms with Crippen LogP contribution in [0.1, 0.15) is 48.8 Å². The van der Waals surface area contributed by atoms with Crippen LogP contribution in [-0.2, 0) is 10.0 Å². The van der Waals surface area contributed by atoms with E-state index in [-0.39, 0.29) is 0 Å². The van der Waals surface area contributed by atoms with Crippen molar-refractivity contribution in [3.05, 3.63) is 22.8 Å². The van der Waals surface area contributed by atoms with Crippen LogP contribution in [-0.4, -0.2) is 15.0 Å². The maximum absolute atomic E-state index is 12.5. The van der Waals surface area contributed by atoms with Crippen molar-refractivity contribution < 1.29 is 8.42 Å². The molecule has 1 aromatic rings. The summed E-state index contributed by atoms with van der Waals surface area (Å²) in [6.45, 7) is 6.02. The highest BCUT2D eigenvalue weighted by atomic mass is 32.2. The van der Waals surface area contributed by atoms with Crippen molar-refractivity contribution >= 4 is 15.7 Å². The minimum atomic E-state index is -3.48. The predicted octanol–water partition coefficient (Wildman–Crippen LogP) is 3.05. The summed E-state index contributed by atoms with van der Waals surface area (Å²) in [4.78, 5) is 0.344. The third-order valence-electron chi connectivity index (χ3n) is 4.55. The summed E-state index contributed by atoms with van der Waals surface area (Å²) in [6.07, 6.45) is 5.96. The van der Waals surface area contributed by atoms with Gasteiger partial charge in [0.1, 0.15) is 0 Å². The van der Waals surface area contributed by atoms with Gasteiger partial charge in [0.05, 0.1) is 4.90 Å². The lowest BCUT2D eigenvalue weighted by Crippen LogP contribution is -2.27. The van der Waals surface area contributed by atoms with Crippen LogP contribution in [0.5, 0.6) is 0 Å². The molecule has 0 atom stereocenters. The van der Waals surface area contributed by atoms with E-state index < -0.39 is 10.0 Å². The molecule has 0 aliphatic heterocycles. The molecule has 118 valence electrons. The van der Waals surface area contributed by atoms with Crippen LogP contribution >= 0.6 is 0 Å². The minimum absolute atomic E-state index is 0.344. The Hall–Kier alpha value is -1.07. The maximum Gasteiger partial charge on any atom is 0.241 e. The predicted molar refractivity (Wildman–Crippen MR) is 86.8 cm³/mol. The molecule has 0 saturated heterocycles. The van der Waals surface area contributed by atoms with E-state index in [2.05, 4.69) is 4.72 Å². The highest BCUT2D eigenvalue weighted by Crippen LogP contribution is 2.29. The molecule has 1 fully saturated rings. The number of benzene rings is 1. The van der Waals surface area contributed by atoms with Crippen molar-refractivity contribution in [1.29, 1.82) is 0 Å². The van der Waals surface area contributed by atoms with Gasteiger partial charge in [-0.3, -0.25) is 0 Å². The third kappa shape index (κ3) is 3.58. The normalized spacial score (nSPS) is 16.5. The summed E-state index contributed by atoms with van der Waals surface area (Å²) < 4.78 is 27.8. The fourth-order valence-corrected chi connectivity index (χ4v) is 4.89. The first-order valence-electron chi connectivity index (χ1n) is 7.69. The Morgan fingerprint density at radius 2 is 1.81 bits per heavy atom. The minimum Gasteiger partial charge on any atom is -0.398 e. The summed E-state index contributed by atoms with van der Waals surface area (Å²) in [5.41, 5.74) is 8.89. The Morgan fingerprint density at radius 1 is 1.19 bits per heavy atom. The molecule has 0 bridgehead atoms. The van der Waals surface area contributed by atoms with Crippen molar-refractivity contribution in [2.45, 2.75) is 57.8 Å². The Labute approximate surface area is 128 Å². The molecule has 0 amide bonds. The summed E-state index contributed by atoms with van der Waals surface area (Å²) >= 11 is 0. The zero-order valence-electron chi connectivity index (χ0n) is 13.2. The fourth-order valence-electron chi connectivity index (χ4n) is 3.36. The molecule has 21 heavy (non-hydrogen) atoms. The van der Waals surface area contributed by atoms with E-state index in [0.29, 0.717) is 28.6 Å². The van der Waals surface area contributed by atoms with Crippen LogP contribution < -0.4 is 10.5 Å². The summed E-state index contributed by atoms with van der Waals surface area (Å²) in [5, 5.41) is 0. The zero-order chi connectivity index (χ0) is 15.6. The molecular formula is C16H26N2O2S. The zero-order valence-corrected chi connectivity index (χ0v) is 14.0. The van der Waals surface area contributed by atoms with E-state index in [1.165, 1.54) is 25.7 Å². The van der Waals surface area contributed by atoms with Crippen LogP contribution in [0.4, 0.5) is 5.69 Å². The number of nitrogens with two attached hydrogens (primary N) is 1. The molecule has 1 aromatic carbocycles. The Kier molecular flexibility index (Phi) is 4.94. The average Bonchev–Trinajstić information content (AvgIpc) is 2.88. The van der Waals surface area contributed by atoms with Crippen LogP contribution in [0.15, 0.2) is 11.0 Å². The maximum atomic E-state index is 12.5. The van der Waals surface area contributed by atoms with Gasteiger partial charge in [-0.05, 0) is 49.8 Å².